The third kappa shape index (κ3) is 0.712. The Labute approximate surface area is 88.2 Å². The first kappa shape index (κ1) is 8.53. The fraction of sp³-hybridized carbons (Fsp3) is 0.909. The Hall–Kier alpha value is -0.610. The van der Waals surface area contributed by atoms with E-state index in [1.54, 1.807) is 0 Å². The molecule has 1 aliphatic heterocycles. The molecule has 0 radical (unpaired) electrons. The first-order chi connectivity index (χ1) is 7.13. The molecule has 4 N–H and O–H groups in total. The van der Waals surface area contributed by atoms with Crippen molar-refractivity contribution < 1.29 is 9.90 Å². The predicted octanol–water partition coefficient (Wildman–Crippen LogP) is -0.781. The molecule has 1 saturated heterocycles. The van der Waals surface area contributed by atoms with Crippen molar-refractivity contribution in [2.45, 2.75) is 37.5 Å². The van der Waals surface area contributed by atoms with Crippen LogP contribution < -0.4 is 11.1 Å². The molecule has 0 aromatic carbocycles. The Morgan fingerprint density at radius 3 is 2.87 bits per heavy atom. The van der Waals surface area contributed by atoms with Crippen LogP contribution in [0, 0.1) is 23.2 Å². The van der Waals surface area contributed by atoms with Gasteiger partial charge in [-0.25, -0.2) is 0 Å². The summed E-state index contributed by atoms with van der Waals surface area (Å²) in [6, 6.07) is 0.332. The molecule has 4 aliphatic rings. The van der Waals surface area contributed by atoms with Gasteiger partial charge >= 0.3 is 0 Å². The number of aliphatic hydroxyl groups is 1. The highest BCUT2D eigenvalue weighted by molar-refractivity contribution is 5.83. The highest BCUT2D eigenvalue weighted by Crippen LogP contribution is 2.70. The van der Waals surface area contributed by atoms with Crippen LogP contribution in [-0.4, -0.2) is 29.2 Å². The minimum atomic E-state index is -0.145. The largest absolute Gasteiger partial charge is 0.393 e. The van der Waals surface area contributed by atoms with E-state index in [2.05, 4.69) is 5.32 Å². The molecule has 3 saturated carbocycles. The van der Waals surface area contributed by atoms with E-state index in [9.17, 15) is 9.90 Å². The Morgan fingerprint density at radius 2 is 2.20 bits per heavy atom. The smallest absolute Gasteiger partial charge is 0.223 e. The highest BCUT2D eigenvalue weighted by atomic mass is 16.3. The van der Waals surface area contributed by atoms with Gasteiger partial charge in [0, 0.05) is 18.0 Å². The molecule has 4 fully saturated rings. The molecule has 1 amide bonds. The van der Waals surface area contributed by atoms with Crippen LogP contribution in [0.25, 0.3) is 0 Å². The van der Waals surface area contributed by atoms with Crippen LogP contribution in [0.3, 0.4) is 0 Å². The molecule has 1 spiro atoms. The fourth-order valence-corrected chi connectivity index (χ4v) is 5.06. The molecule has 5 unspecified atom stereocenters. The van der Waals surface area contributed by atoms with Gasteiger partial charge in [0.15, 0.2) is 0 Å². The lowest BCUT2D eigenvalue weighted by molar-refractivity contribution is -0.123. The zero-order chi connectivity index (χ0) is 10.4. The van der Waals surface area contributed by atoms with Crippen molar-refractivity contribution in [2.24, 2.45) is 28.9 Å². The third-order valence-corrected chi connectivity index (χ3v) is 5.49. The Bertz CT molecular complexity index is 350. The Kier molecular flexibility index (Phi) is 1.27. The molecule has 3 aliphatic carbocycles. The van der Waals surface area contributed by atoms with Crippen molar-refractivity contribution in [3.8, 4) is 0 Å². The first-order valence-electron chi connectivity index (χ1n) is 5.87. The van der Waals surface area contributed by atoms with E-state index in [1.807, 2.05) is 0 Å². The quantitative estimate of drug-likeness (QED) is 0.489. The van der Waals surface area contributed by atoms with Crippen LogP contribution in [-0.2, 0) is 4.79 Å². The summed E-state index contributed by atoms with van der Waals surface area (Å²) in [4.78, 5) is 11.7. The van der Waals surface area contributed by atoms with Crippen molar-refractivity contribution in [2.75, 3.05) is 0 Å². The second-order valence-corrected chi connectivity index (χ2v) is 5.88. The molecule has 0 aromatic rings. The molecular weight excluding hydrogens is 192 g/mol. The second-order valence-electron chi connectivity index (χ2n) is 5.88. The van der Waals surface area contributed by atoms with Crippen LogP contribution in [0.1, 0.15) is 19.3 Å². The zero-order valence-electron chi connectivity index (χ0n) is 8.52. The number of amides is 1. The van der Waals surface area contributed by atoms with E-state index < -0.39 is 0 Å². The maximum Gasteiger partial charge on any atom is 0.223 e. The maximum absolute atomic E-state index is 11.7. The average Bonchev–Trinajstić information content (AvgIpc) is 2.66. The summed E-state index contributed by atoms with van der Waals surface area (Å²) in [5.41, 5.74) is 6.41. The van der Waals surface area contributed by atoms with Crippen LogP contribution >= 0.6 is 0 Å². The van der Waals surface area contributed by atoms with Crippen molar-refractivity contribution in [1.82, 2.24) is 5.32 Å². The minimum Gasteiger partial charge on any atom is -0.393 e. The number of rotatable bonds is 0. The normalized spacial score (nSPS) is 64.8. The molecule has 1 heterocycles. The minimum absolute atomic E-state index is 0.130. The number of carbonyl (C=O) groups excluding carboxylic acids is 1. The van der Waals surface area contributed by atoms with E-state index >= 15 is 0 Å². The van der Waals surface area contributed by atoms with Gasteiger partial charge in [0.05, 0.1) is 6.10 Å². The zero-order valence-corrected chi connectivity index (χ0v) is 8.52. The van der Waals surface area contributed by atoms with Crippen LogP contribution in [0.5, 0.6) is 0 Å². The van der Waals surface area contributed by atoms with Gasteiger partial charge in [-0.2, -0.15) is 0 Å². The number of hydrogen-bond acceptors (Lipinski definition) is 3. The standard InChI is InChI=1S/C11H16N2O2/c12-8-6-1-5-7(9(8)13-10(5)15)11(6)2-4(14)3-11/h4-9,14H,1-3,12H2,(H,13,15). The van der Waals surface area contributed by atoms with E-state index in [-0.39, 0.29) is 35.4 Å². The Balaban J connectivity index is 1.79. The molecule has 4 heteroatoms. The maximum atomic E-state index is 11.7. The first-order valence-corrected chi connectivity index (χ1v) is 5.87. The fourth-order valence-electron chi connectivity index (χ4n) is 5.06. The molecule has 2 bridgehead atoms. The second kappa shape index (κ2) is 2.23. The number of carbonyl (C=O) groups is 1. The van der Waals surface area contributed by atoms with Gasteiger partial charge in [-0.05, 0) is 36.5 Å². The van der Waals surface area contributed by atoms with Crippen LogP contribution in [0.2, 0.25) is 0 Å². The van der Waals surface area contributed by atoms with Crippen LogP contribution in [0.15, 0.2) is 0 Å². The van der Waals surface area contributed by atoms with Gasteiger partial charge in [-0.1, -0.05) is 0 Å². The van der Waals surface area contributed by atoms with Crippen molar-refractivity contribution in [1.29, 1.82) is 0 Å². The lowest BCUT2D eigenvalue weighted by Crippen LogP contribution is -2.46. The van der Waals surface area contributed by atoms with E-state index in [0.717, 1.165) is 19.3 Å². The van der Waals surface area contributed by atoms with Gasteiger partial charge in [-0.15, -0.1) is 0 Å². The van der Waals surface area contributed by atoms with Gasteiger partial charge < -0.3 is 16.2 Å². The summed E-state index contributed by atoms with van der Waals surface area (Å²) in [7, 11) is 0. The number of aliphatic hydroxyl groups excluding tert-OH is 1. The molecule has 0 aromatic heterocycles. The summed E-state index contributed by atoms with van der Waals surface area (Å²) in [6.07, 6.45) is 2.56. The molecule has 82 valence electrons. The van der Waals surface area contributed by atoms with Crippen molar-refractivity contribution in [3.05, 3.63) is 0 Å². The summed E-state index contributed by atoms with van der Waals surface area (Å²) in [5, 5.41) is 12.6. The lowest BCUT2D eigenvalue weighted by atomic mass is 9.59. The van der Waals surface area contributed by atoms with Gasteiger partial charge in [-0.3, -0.25) is 4.79 Å². The molecule has 5 atom stereocenters. The van der Waals surface area contributed by atoms with Crippen molar-refractivity contribution >= 4 is 5.91 Å². The van der Waals surface area contributed by atoms with Crippen LogP contribution in [0.4, 0.5) is 0 Å². The predicted molar refractivity (Wildman–Crippen MR) is 52.7 cm³/mol. The summed E-state index contributed by atoms with van der Waals surface area (Å²) >= 11 is 0. The highest BCUT2D eigenvalue weighted by Gasteiger charge is 2.73. The van der Waals surface area contributed by atoms with Gasteiger partial charge in [0.2, 0.25) is 5.91 Å². The molecular formula is C11H16N2O2. The summed E-state index contributed by atoms with van der Waals surface area (Å²) in [6.45, 7) is 0. The molecule has 15 heavy (non-hydrogen) atoms. The molecule has 4 rings (SSSR count). The SMILES string of the molecule is NC1C2NC(=O)C3CC1C1(CC(O)C1)C32. The van der Waals surface area contributed by atoms with Gasteiger partial charge in [0.1, 0.15) is 0 Å². The number of nitrogens with one attached hydrogen (secondary N) is 1. The average molecular weight is 208 g/mol. The summed E-state index contributed by atoms with van der Waals surface area (Å²) in [5.74, 6) is 1.31. The lowest BCUT2D eigenvalue weighted by Gasteiger charge is -2.47. The van der Waals surface area contributed by atoms with Crippen molar-refractivity contribution in [3.63, 3.8) is 0 Å². The van der Waals surface area contributed by atoms with Gasteiger partial charge in [0.25, 0.3) is 0 Å². The van der Waals surface area contributed by atoms with E-state index in [4.69, 9.17) is 5.73 Å². The summed E-state index contributed by atoms with van der Waals surface area (Å²) < 4.78 is 0. The van der Waals surface area contributed by atoms with E-state index in [1.165, 1.54) is 0 Å². The monoisotopic (exact) mass is 208 g/mol. The number of nitrogens with two attached hydrogens (primary N) is 1. The molecule has 4 nitrogen and oxygen atoms in total. The topological polar surface area (TPSA) is 75.3 Å². The third-order valence-electron chi connectivity index (χ3n) is 5.49. The Morgan fingerprint density at radius 1 is 1.47 bits per heavy atom. The number of hydrogen-bond donors (Lipinski definition) is 3. The van der Waals surface area contributed by atoms with E-state index in [0.29, 0.717) is 11.8 Å².